The Labute approximate surface area is 161 Å². The monoisotopic (exact) mass is 368 g/mol. The molecule has 1 atom stereocenters. The predicted octanol–water partition coefficient (Wildman–Crippen LogP) is 2.73. The van der Waals surface area contributed by atoms with Crippen molar-refractivity contribution < 1.29 is 9.53 Å². The van der Waals surface area contributed by atoms with E-state index in [1.165, 1.54) is 19.3 Å². The first-order chi connectivity index (χ1) is 13.2. The number of carbonyl (C=O) groups is 1. The van der Waals surface area contributed by atoms with Gasteiger partial charge in [-0.3, -0.25) is 9.69 Å². The summed E-state index contributed by atoms with van der Waals surface area (Å²) in [7, 11) is 0. The van der Waals surface area contributed by atoms with E-state index in [0.717, 1.165) is 64.2 Å². The van der Waals surface area contributed by atoms with Crippen molar-refractivity contribution in [1.82, 2.24) is 9.88 Å². The minimum Gasteiger partial charge on any atom is -0.462 e. The normalized spacial score (nSPS) is 25.4. The van der Waals surface area contributed by atoms with Gasteiger partial charge in [0.15, 0.2) is 0 Å². The van der Waals surface area contributed by atoms with Crippen LogP contribution in [-0.2, 0) is 9.53 Å². The zero-order valence-corrected chi connectivity index (χ0v) is 15.9. The molecule has 0 bridgehead atoms. The summed E-state index contributed by atoms with van der Waals surface area (Å²) in [6.07, 6.45) is 9.28. The van der Waals surface area contributed by atoms with Crippen molar-refractivity contribution in [2.75, 3.05) is 37.6 Å². The molecule has 144 valence electrons. The van der Waals surface area contributed by atoms with E-state index in [2.05, 4.69) is 20.9 Å². The highest BCUT2D eigenvalue weighted by Gasteiger charge is 2.48. The number of ether oxygens (including phenoxy) is 1. The van der Waals surface area contributed by atoms with Crippen molar-refractivity contribution in [3.8, 4) is 6.07 Å². The van der Waals surface area contributed by atoms with E-state index in [-0.39, 0.29) is 17.5 Å². The molecule has 6 nitrogen and oxygen atoms in total. The summed E-state index contributed by atoms with van der Waals surface area (Å²) >= 11 is 0. The Hall–Kier alpha value is -2.13. The molecule has 0 radical (unpaired) electrons. The van der Waals surface area contributed by atoms with E-state index in [9.17, 15) is 4.79 Å². The predicted molar refractivity (Wildman–Crippen MR) is 102 cm³/mol. The molecule has 1 aromatic heterocycles. The van der Waals surface area contributed by atoms with Crippen LogP contribution in [0.25, 0.3) is 0 Å². The molecule has 2 aliphatic heterocycles. The number of piperazine rings is 1. The van der Waals surface area contributed by atoms with Crippen LogP contribution >= 0.6 is 0 Å². The van der Waals surface area contributed by atoms with E-state index >= 15 is 0 Å². The van der Waals surface area contributed by atoms with Crippen molar-refractivity contribution in [3.05, 3.63) is 23.9 Å². The number of cyclic esters (lactones) is 1. The molecule has 1 spiro atoms. The zero-order valence-electron chi connectivity index (χ0n) is 15.9. The molecule has 27 heavy (non-hydrogen) atoms. The zero-order chi connectivity index (χ0) is 18.7. The van der Waals surface area contributed by atoms with E-state index in [0.29, 0.717) is 5.56 Å². The lowest BCUT2D eigenvalue weighted by molar-refractivity contribution is -0.150. The lowest BCUT2D eigenvalue weighted by Gasteiger charge is -2.35. The van der Waals surface area contributed by atoms with Gasteiger partial charge in [-0.15, -0.1) is 0 Å². The maximum atomic E-state index is 12.4. The van der Waals surface area contributed by atoms with E-state index in [1.807, 2.05) is 12.1 Å². The minimum atomic E-state index is -0.150. The molecule has 6 heteroatoms. The van der Waals surface area contributed by atoms with Crippen LogP contribution in [0.1, 0.15) is 50.5 Å². The van der Waals surface area contributed by atoms with Gasteiger partial charge in [-0.05, 0) is 31.4 Å². The topological polar surface area (TPSA) is 69.5 Å². The molecule has 1 aliphatic carbocycles. The maximum Gasteiger partial charge on any atom is 0.312 e. The molecule has 3 heterocycles. The Bertz CT molecular complexity index is 698. The number of hydrogen-bond donors (Lipinski definition) is 0. The first kappa shape index (κ1) is 18.2. The molecule has 1 unspecified atom stereocenters. The SMILES string of the molecule is N#Cc1ccc(N2CCN(CCC3CC4(CCCCC4)C(=O)O3)CC2)nc1. The largest absolute Gasteiger partial charge is 0.462 e. The second kappa shape index (κ2) is 7.85. The second-order valence-corrected chi connectivity index (χ2v) is 8.21. The second-order valence-electron chi connectivity index (χ2n) is 8.21. The number of esters is 1. The molecule has 0 N–H and O–H groups in total. The quantitative estimate of drug-likeness (QED) is 0.761. The highest BCUT2D eigenvalue weighted by molar-refractivity contribution is 5.79. The fourth-order valence-electron chi connectivity index (χ4n) is 4.80. The van der Waals surface area contributed by atoms with Crippen molar-refractivity contribution in [2.24, 2.45) is 5.41 Å². The number of hydrogen-bond acceptors (Lipinski definition) is 6. The molecule has 4 rings (SSSR count). The van der Waals surface area contributed by atoms with E-state index < -0.39 is 0 Å². The Morgan fingerprint density at radius 1 is 1.19 bits per heavy atom. The van der Waals surface area contributed by atoms with Crippen LogP contribution in [0.15, 0.2) is 18.3 Å². The molecular formula is C21H28N4O2. The van der Waals surface area contributed by atoms with Crippen LogP contribution in [0.5, 0.6) is 0 Å². The Morgan fingerprint density at radius 2 is 1.96 bits per heavy atom. The molecule has 0 amide bonds. The van der Waals surface area contributed by atoms with Crippen LogP contribution in [0.4, 0.5) is 5.82 Å². The van der Waals surface area contributed by atoms with Crippen LogP contribution < -0.4 is 4.90 Å². The first-order valence-electron chi connectivity index (χ1n) is 10.2. The third-order valence-corrected chi connectivity index (χ3v) is 6.48. The lowest BCUT2D eigenvalue weighted by atomic mass is 9.72. The van der Waals surface area contributed by atoms with Crippen LogP contribution in [-0.4, -0.2) is 54.7 Å². The average molecular weight is 368 g/mol. The van der Waals surface area contributed by atoms with Crippen molar-refractivity contribution in [1.29, 1.82) is 5.26 Å². The van der Waals surface area contributed by atoms with Crippen molar-refractivity contribution in [3.63, 3.8) is 0 Å². The summed E-state index contributed by atoms with van der Waals surface area (Å²) in [6.45, 7) is 4.85. The third kappa shape index (κ3) is 3.93. The van der Waals surface area contributed by atoms with Gasteiger partial charge in [-0.1, -0.05) is 19.3 Å². The first-order valence-corrected chi connectivity index (χ1v) is 10.2. The summed E-state index contributed by atoms with van der Waals surface area (Å²) in [5, 5.41) is 8.88. The number of nitriles is 1. The molecule has 1 saturated carbocycles. The molecule has 0 aromatic carbocycles. The highest BCUT2D eigenvalue weighted by Crippen LogP contribution is 2.46. The fraction of sp³-hybridized carbons (Fsp3) is 0.667. The van der Waals surface area contributed by atoms with Gasteiger partial charge in [-0.2, -0.15) is 5.26 Å². The Balaban J connectivity index is 1.23. The van der Waals surface area contributed by atoms with Gasteiger partial charge in [0.2, 0.25) is 0 Å². The van der Waals surface area contributed by atoms with Gasteiger partial charge in [-0.25, -0.2) is 4.98 Å². The molecule has 2 saturated heterocycles. The number of aromatic nitrogens is 1. The summed E-state index contributed by atoms with van der Waals surface area (Å²) in [5.41, 5.74) is 0.447. The van der Waals surface area contributed by atoms with E-state index in [4.69, 9.17) is 10.00 Å². The van der Waals surface area contributed by atoms with Gasteiger partial charge in [0, 0.05) is 45.3 Å². The van der Waals surface area contributed by atoms with Gasteiger partial charge in [0.1, 0.15) is 18.0 Å². The minimum absolute atomic E-state index is 0.0731. The van der Waals surface area contributed by atoms with Crippen molar-refractivity contribution in [2.45, 2.75) is 51.0 Å². The molecule has 3 fully saturated rings. The average Bonchev–Trinajstić information content (AvgIpc) is 3.02. The van der Waals surface area contributed by atoms with E-state index in [1.54, 1.807) is 6.20 Å². The lowest BCUT2D eigenvalue weighted by Crippen LogP contribution is -2.47. The van der Waals surface area contributed by atoms with Gasteiger partial charge >= 0.3 is 5.97 Å². The number of anilines is 1. The van der Waals surface area contributed by atoms with Gasteiger partial charge in [0.05, 0.1) is 11.0 Å². The third-order valence-electron chi connectivity index (χ3n) is 6.48. The smallest absolute Gasteiger partial charge is 0.312 e. The fourth-order valence-corrected chi connectivity index (χ4v) is 4.80. The number of carbonyl (C=O) groups excluding carboxylic acids is 1. The van der Waals surface area contributed by atoms with Crippen LogP contribution in [0.2, 0.25) is 0 Å². The molecular weight excluding hydrogens is 340 g/mol. The number of pyridine rings is 1. The summed E-state index contributed by atoms with van der Waals surface area (Å²) < 4.78 is 5.75. The highest BCUT2D eigenvalue weighted by atomic mass is 16.6. The molecule has 1 aromatic rings. The standard InChI is InChI=1S/C21H28N4O2/c22-15-17-4-5-19(23-16-17)25-12-10-24(11-13-25)9-6-18-14-21(20(26)27-18)7-2-1-3-8-21/h4-5,16,18H,1-3,6-14H2. The summed E-state index contributed by atoms with van der Waals surface area (Å²) in [6, 6.07) is 5.86. The Kier molecular flexibility index (Phi) is 5.31. The summed E-state index contributed by atoms with van der Waals surface area (Å²) in [5.74, 6) is 1.02. The number of nitrogens with zero attached hydrogens (tertiary/aromatic N) is 4. The van der Waals surface area contributed by atoms with Gasteiger partial charge in [0.25, 0.3) is 0 Å². The van der Waals surface area contributed by atoms with Crippen LogP contribution in [0.3, 0.4) is 0 Å². The van der Waals surface area contributed by atoms with Gasteiger partial charge < -0.3 is 9.64 Å². The molecule has 3 aliphatic rings. The number of rotatable bonds is 4. The van der Waals surface area contributed by atoms with Crippen molar-refractivity contribution >= 4 is 11.8 Å². The maximum absolute atomic E-state index is 12.4. The van der Waals surface area contributed by atoms with Crippen LogP contribution in [0, 0.1) is 16.7 Å². The summed E-state index contributed by atoms with van der Waals surface area (Å²) in [4.78, 5) is 21.5. The Morgan fingerprint density at radius 3 is 2.63 bits per heavy atom.